The van der Waals surface area contributed by atoms with E-state index in [1.54, 1.807) is 6.92 Å². The smallest absolute Gasteiger partial charge is 0.167 e. The lowest BCUT2D eigenvalue weighted by Crippen LogP contribution is -2.32. The number of nitrogens with one attached hydrogen (secondary N) is 1. The van der Waals surface area contributed by atoms with E-state index in [0.717, 1.165) is 12.8 Å². The lowest BCUT2D eigenvalue weighted by atomic mass is 10.1. The number of aliphatic hydroxyl groups excluding tert-OH is 2. The Kier molecular flexibility index (Phi) is 4.74. The van der Waals surface area contributed by atoms with Gasteiger partial charge in [-0.05, 0) is 19.8 Å². The Morgan fingerprint density at radius 2 is 2.04 bits per heavy atom. The fraction of sp³-hybridized carbons (Fsp3) is 0.688. The van der Waals surface area contributed by atoms with Crippen molar-refractivity contribution >= 4 is 17.0 Å². The summed E-state index contributed by atoms with van der Waals surface area (Å²) in [5.41, 5.74) is 0.999. The number of aromatic nitrogens is 4. The zero-order valence-corrected chi connectivity index (χ0v) is 14.4. The molecule has 2 unspecified atom stereocenters. The Morgan fingerprint density at radius 3 is 2.73 bits per heavy atom. The number of rotatable bonds is 4. The number of aryl methyl sites for hydroxylation is 1. The molecule has 0 amide bonds. The molecular formula is C16H22FN5O4. The zero-order valence-electron chi connectivity index (χ0n) is 14.4. The van der Waals surface area contributed by atoms with E-state index in [4.69, 9.17) is 9.47 Å². The number of imidazole rings is 1. The van der Waals surface area contributed by atoms with Crippen molar-refractivity contribution in [1.82, 2.24) is 19.5 Å². The average molecular weight is 367 g/mol. The second-order valence-corrected chi connectivity index (χ2v) is 6.68. The van der Waals surface area contributed by atoms with Crippen molar-refractivity contribution in [1.29, 1.82) is 0 Å². The maximum absolute atomic E-state index is 13.0. The van der Waals surface area contributed by atoms with E-state index in [1.165, 1.54) is 10.9 Å². The average Bonchev–Trinajstić information content (AvgIpc) is 3.17. The number of alkyl halides is 1. The molecule has 0 aromatic carbocycles. The summed E-state index contributed by atoms with van der Waals surface area (Å²) in [5, 5.41) is 23.5. The number of nitrogens with zero attached hydrogens (tertiary/aromatic N) is 4. The topological polar surface area (TPSA) is 115 Å². The largest absolute Gasteiger partial charge is 0.387 e. The molecule has 3 N–H and O–H groups in total. The first-order valence-electron chi connectivity index (χ1n) is 8.71. The first kappa shape index (κ1) is 17.5. The molecule has 4 heterocycles. The molecule has 2 aromatic rings. The lowest BCUT2D eigenvalue weighted by molar-refractivity contribution is -0.0409. The standard InChI is InChI=1S/C16H22FN5O4/c1-8-19-14(21-9-2-4-25-5-3-9)11-15(20-8)22(7-18-11)16-13(24)12(23)10(6-17)26-16/h7,9-10,12-13,16,23-24H,2-6H2,1H3,(H,19,20,21)/t10-,12?,13?,16-/m1/s1. The SMILES string of the molecule is Cc1nc(NC2CCOCC2)c2ncn([C@@H]3O[C@H](CF)C(O)C3O)c2n1. The highest BCUT2D eigenvalue weighted by Gasteiger charge is 2.44. The van der Waals surface area contributed by atoms with E-state index in [0.29, 0.717) is 36.0 Å². The van der Waals surface area contributed by atoms with Gasteiger partial charge in [0.25, 0.3) is 0 Å². The third-order valence-electron chi connectivity index (χ3n) is 4.86. The van der Waals surface area contributed by atoms with Crippen LogP contribution in [0.1, 0.15) is 24.9 Å². The Labute approximate surface area is 149 Å². The fourth-order valence-electron chi connectivity index (χ4n) is 3.43. The molecule has 2 aromatic heterocycles. The summed E-state index contributed by atoms with van der Waals surface area (Å²) in [6.07, 6.45) is -1.38. The number of hydrogen-bond acceptors (Lipinski definition) is 8. The van der Waals surface area contributed by atoms with Gasteiger partial charge in [-0.25, -0.2) is 19.3 Å². The summed E-state index contributed by atoms with van der Waals surface area (Å²) >= 11 is 0. The third-order valence-corrected chi connectivity index (χ3v) is 4.86. The van der Waals surface area contributed by atoms with E-state index < -0.39 is 31.2 Å². The van der Waals surface area contributed by atoms with Gasteiger partial charge in [0, 0.05) is 19.3 Å². The van der Waals surface area contributed by atoms with Crippen LogP contribution in [0.2, 0.25) is 0 Å². The van der Waals surface area contributed by atoms with Gasteiger partial charge in [-0.1, -0.05) is 0 Å². The zero-order chi connectivity index (χ0) is 18.3. The van der Waals surface area contributed by atoms with Crippen LogP contribution in [0.15, 0.2) is 6.33 Å². The molecule has 9 nitrogen and oxygen atoms in total. The number of ether oxygens (including phenoxy) is 2. The second-order valence-electron chi connectivity index (χ2n) is 6.68. The molecule has 2 saturated heterocycles. The molecule has 142 valence electrons. The van der Waals surface area contributed by atoms with Crippen molar-refractivity contribution in [2.75, 3.05) is 25.2 Å². The Hall–Kier alpha value is -1.88. The van der Waals surface area contributed by atoms with Crippen LogP contribution in [0.5, 0.6) is 0 Å². The predicted octanol–water partition coefficient (Wildman–Crippen LogP) is 0.314. The molecule has 26 heavy (non-hydrogen) atoms. The normalized spacial score (nSPS) is 30.2. The van der Waals surface area contributed by atoms with Gasteiger partial charge >= 0.3 is 0 Å². The first-order chi connectivity index (χ1) is 12.6. The first-order valence-corrected chi connectivity index (χ1v) is 8.71. The highest BCUT2D eigenvalue weighted by atomic mass is 19.1. The number of anilines is 1. The molecule has 2 aliphatic rings. The van der Waals surface area contributed by atoms with Crippen LogP contribution in [0.3, 0.4) is 0 Å². The lowest BCUT2D eigenvalue weighted by Gasteiger charge is -2.23. The molecule has 4 rings (SSSR count). The van der Waals surface area contributed by atoms with E-state index in [2.05, 4.69) is 20.3 Å². The number of aliphatic hydroxyl groups is 2. The minimum absolute atomic E-state index is 0.234. The Balaban J connectivity index is 1.67. The van der Waals surface area contributed by atoms with E-state index in [9.17, 15) is 14.6 Å². The summed E-state index contributed by atoms with van der Waals surface area (Å²) in [4.78, 5) is 13.2. The van der Waals surface area contributed by atoms with Crippen LogP contribution >= 0.6 is 0 Å². The summed E-state index contributed by atoms with van der Waals surface area (Å²) in [6.45, 7) is 2.27. The van der Waals surface area contributed by atoms with E-state index in [1.807, 2.05) is 0 Å². The van der Waals surface area contributed by atoms with Gasteiger partial charge in [-0.3, -0.25) is 4.57 Å². The molecule has 0 bridgehead atoms. The third kappa shape index (κ3) is 3.02. The van der Waals surface area contributed by atoms with Crippen LogP contribution in [0.4, 0.5) is 10.2 Å². The molecule has 2 aliphatic heterocycles. The maximum Gasteiger partial charge on any atom is 0.167 e. The van der Waals surface area contributed by atoms with Crippen LogP contribution in [0.25, 0.3) is 11.2 Å². The van der Waals surface area contributed by atoms with Crippen molar-refractivity contribution in [3.05, 3.63) is 12.2 Å². The molecular weight excluding hydrogens is 345 g/mol. The monoisotopic (exact) mass is 367 g/mol. The summed E-state index contributed by atoms with van der Waals surface area (Å²) in [6, 6.07) is 0.234. The van der Waals surface area contributed by atoms with Crippen LogP contribution < -0.4 is 5.32 Å². The predicted molar refractivity (Wildman–Crippen MR) is 89.4 cm³/mol. The molecule has 0 radical (unpaired) electrons. The minimum atomic E-state index is -1.30. The van der Waals surface area contributed by atoms with Gasteiger partial charge in [0.2, 0.25) is 0 Å². The summed E-state index contributed by atoms with van der Waals surface area (Å²) < 4.78 is 25.3. The maximum atomic E-state index is 13.0. The fourth-order valence-corrected chi connectivity index (χ4v) is 3.43. The summed E-state index contributed by atoms with van der Waals surface area (Å²) in [7, 11) is 0. The van der Waals surface area contributed by atoms with E-state index in [-0.39, 0.29) is 6.04 Å². The highest BCUT2D eigenvalue weighted by Crippen LogP contribution is 2.33. The van der Waals surface area contributed by atoms with Gasteiger partial charge in [0.1, 0.15) is 30.8 Å². The van der Waals surface area contributed by atoms with Crippen LogP contribution in [0, 0.1) is 6.92 Å². The van der Waals surface area contributed by atoms with Gasteiger partial charge < -0.3 is 25.0 Å². The van der Waals surface area contributed by atoms with Crippen molar-refractivity contribution in [3.8, 4) is 0 Å². The minimum Gasteiger partial charge on any atom is -0.387 e. The highest BCUT2D eigenvalue weighted by molar-refractivity contribution is 5.83. The van der Waals surface area contributed by atoms with Gasteiger partial charge in [0.15, 0.2) is 23.2 Å². The Bertz CT molecular complexity index is 781. The van der Waals surface area contributed by atoms with Crippen molar-refractivity contribution in [3.63, 3.8) is 0 Å². The van der Waals surface area contributed by atoms with E-state index >= 15 is 0 Å². The van der Waals surface area contributed by atoms with Gasteiger partial charge in [-0.15, -0.1) is 0 Å². The van der Waals surface area contributed by atoms with Crippen LogP contribution in [-0.4, -0.2) is 74.0 Å². The molecule has 2 fully saturated rings. The second kappa shape index (κ2) is 7.03. The molecule has 4 atom stereocenters. The molecule has 0 aliphatic carbocycles. The number of halogens is 1. The number of fused-ring (bicyclic) bond motifs is 1. The van der Waals surface area contributed by atoms with Crippen molar-refractivity contribution < 1.29 is 24.1 Å². The van der Waals surface area contributed by atoms with Crippen molar-refractivity contribution in [2.24, 2.45) is 0 Å². The van der Waals surface area contributed by atoms with Crippen molar-refractivity contribution in [2.45, 2.75) is 50.3 Å². The molecule has 10 heteroatoms. The van der Waals surface area contributed by atoms with Gasteiger partial charge in [-0.2, -0.15) is 0 Å². The summed E-state index contributed by atoms with van der Waals surface area (Å²) in [5.74, 6) is 1.14. The van der Waals surface area contributed by atoms with Gasteiger partial charge in [0.05, 0.1) is 6.33 Å². The quantitative estimate of drug-likeness (QED) is 0.708. The Morgan fingerprint density at radius 1 is 1.27 bits per heavy atom. The number of hydrogen-bond donors (Lipinski definition) is 3. The van der Waals surface area contributed by atoms with Crippen LogP contribution in [-0.2, 0) is 9.47 Å². The molecule has 0 saturated carbocycles. The molecule has 0 spiro atoms.